The fourth-order valence-corrected chi connectivity index (χ4v) is 0.659. The zero-order chi connectivity index (χ0) is 8.81. The standard InChI is InChI=1S/C5H9N5O2/c11-2-1-6-5(12)3-4-7-9-10-8-4/h11H,1-3H2,(H,6,12)(H,7,8,9,10). The average Bonchev–Trinajstić information content (AvgIpc) is 2.53. The number of nitrogens with zero attached hydrogens (tertiary/aromatic N) is 3. The number of nitrogens with one attached hydrogen (secondary N) is 2. The molecule has 12 heavy (non-hydrogen) atoms. The third kappa shape index (κ3) is 2.62. The van der Waals surface area contributed by atoms with E-state index in [4.69, 9.17) is 5.11 Å². The van der Waals surface area contributed by atoms with Gasteiger partial charge in [-0.2, -0.15) is 5.21 Å². The van der Waals surface area contributed by atoms with Gasteiger partial charge < -0.3 is 10.4 Å². The predicted octanol–water partition coefficient (Wildman–Crippen LogP) is -2.15. The number of hydrogen-bond donors (Lipinski definition) is 3. The van der Waals surface area contributed by atoms with Crippen molar-refractivity contribution in [3.63, 3.8) is 0 Å². The maximum Gasteiger partial charge on any atom is 0.227 e. The lowest BCUT2D eigenvalue weighted by molar-refractivity contribution is -0.120. The Morgan fingerprint density at radius 2 is 2.50 bits per heavy atom. The Hall–Kier alpha value is -1.50. The van der Waals surface area contributed by atoms with Crippen LogP contribution in [0.15, 0.2) is 0 Å². The van der Waals surface area contributed by atoms with Crippen LogP contribution in [0.2, 0.25) is 0 Å². The molecule has 1 rings (SSSR count). The van der Waals surface area contributed by atoms with Crippen LogP contribution in [0.25, 0.3) is 0 Å². The first kappa shape index (κ1) is 8.60. The quantitative estimate of drug-likeness (QED) is 0.479. The molecule has 0 atom stereocenters. The van der Waals surface area contributed by atoms with E-state index in [0.29, 0.717) is 5.82 Å². The Kier molecular flexibility index (Phi) is 3.15. The van der Waals surface area contributed by atoms with Gasteiger partial charge in [0.05, 0.1) is 13.0 Å². The number of carbonyl (C=O) groups excluding carboxylic acids is 1. The largest absolute Gasteiger partial charge is 0.395 e. The smallest absolute Gasteiger partial charge is 0.227 e. The van der Waals surface area contributed by atoms with Gasteiger partial charge in [0, 0.05) is 6.54 Å². The van der Waals surface area contributed by atoms with E-state index in [1.54, 1.807) is 0 Å². The van der Waals surface area contributed by atoms with Crippen LogP contribution in [0, 0.1) is 0 Å². The number of aromatic amines is 1. The third-order valence-corrected chi connectivity index (χ3v) is 1.14. The summed E-state index contributed by atoms with van der Waals surface area (Å²) in [4.78, 5) is 10.9. The van der Waals surface area contributed by atoms with Crippen LogP contribution in [-0.2, 0) is 11.2 Å². The molecule has 0 radical (unpaired) electrons. The molecule has 0 aliphatic rings. The van der Waals surface area contributed by atoms with E-state index >= 15 is 0 Å². The monoisotopic (exact) mass is 171 g/mol. The van der Waals surface area contributed by atoms with Gasteiger partial charge in [0.2, 0.25) is 5.91 Å². The average molecular weight is 171 g/mol. The summed E-state index contributed by atoms with van der Waals surface area (Å²) in [6.45, 7) is 0.175. The van der Waals surface area contributed by atoms with Crippen LogP contribution < -0.4 is 5.32 Å². The number of aliphatic hydroxyl groups is 1. The van der Waals surface area contributed by atoms with Crippen molar-refractivity contribution in [3.05, 3.63) is 5.82 Å². The maximum atomic E-state index is 10.9. The van der Waals surface area contributed by atoms with Crippen molar-refractivity contribution < 1.29 is 9.90 Å². The molecule has 0 unspecified atom stereocenters. The van der Waals surface area contributed by atoms with Crippen LogP contribution in [-0.4, -0.2) is 44.8 Å². The van der Waals surface area contributed by atoms with Gasteiger partial charge in [-0.05, 0) is 0 Å². The van der Waals surface area contributed by atoms with Crippen LogP contribution in [0.4, 0.5) is 0 Å². The molecule has 0 saturated carbocycles. The van der Waals surface area contributed by atoms with Crippen molar-refractivity contribution in [2.75, 3.05) is 13.2 Å². The number of tetrazole rings is 1. The minimum atomic E-state index is -0.231. The topological polar surface area (TPSA) is 104 Å². The third-order valence-electron chi connectivity index (χ3n) is 1.14. The van der Waals surface area contributed by atoms with Crippen molar-refractivity contribution in [1.29, 1.82) is 0 Å². The van der Waals surface area contributed by atoms with Gasteiger partial charge >= 0.3 is 0 Å². The van der Waals surface area contributed by atoms with E-state index in [2.05, 4.69) is 25.9 Å². The molecule has 7 nitrogen and oxygen atoms in total. The highest BCUT2D eigenvalue weighted by Gasteiger charge is 2.05. The second-order valence-electron chi connectivity index (χ2n) is 2.08. The van der Waals surface area contributed by atoms with Crippen LogP contribution in [0.5, 0.6) is 0 Å². The molecule has 0 aliphatic carbocycles. The van der Waals surface area contributed by atoms with Crippen molar-refractivity contribution in [2.45, 2.75) is 6.42 Å². The number of carbonyl (C=O) groups is 1. The van der Waals surface area contributed by atoms with Crippen LogP contribution in [0.1, 0.15) is 5.82 Å². The summed E-state index contributed by atoms with van der Waals surface area (Å²) < 4.78 is 0. The Morgan fingerprint density at radius 3 is 3.08 bits per heavy atom. The van der Waals surface area contributed by atoms with Gasteiger partial charge in [0.1, 0.15) is 0 Å². The van der Waals surface area contributed by atoms with Gasteiger partial charge in [0.15, 0.2) is 5.82 Å². The molecule has 0 aliphatic heterocycles. The number of H-pyrrole nitrogens is 1. The van der Waals surface area contributed by atoms with Gasteiger partial charge in [0.25, 0.3) is 0 Å². The normalized spacial score (nSPS) is 9.75. The van der Waals surface area contributed by atoms with Crippen molar-refractivity contribution >= 4 is 5.91 Å². The first-order valence-electron chi connectivity index (χ1n) is 3.43. The highest BCUT2D eigenvalue weighted by molar-refractivity contribution is 5.77. The Balaban J connectivity index is 2.27. The summed E-state index contributed by atoms with van der Waals surface area (Å²) in [6, 6.07) is 0. The lowest BCUT2D eigenvalue weighted by Gasteiger charge is -1.98. The summed E-state index contributed by atoms with van der Waals surface area (Å²) >= 11 is 0. The molecule has 7 heteroatoms. The van der Waals surface area contributed by atoms with E-state index < -0.39 is 0 Å². The lowest BCUT2D eigenvalue weighted by Crippen LogP contribution is -2.28. The van der Waals surface area contributed by atoms with Crippen molar-refractivity contribution in [2.24, 2.45) is 0 Å². The van der Waals surface area contributed by atoms with E-state index in [0.717, 1.165) is 0 Å². The number of aliphatic hydroxyl groups excluding tert-OH is 1. The number of aromatic nitrogens is 4. The molecule has 1 aromatic rings. The molecule has 3 N–H and O–H groups in total. The molecule has 0 bridgehead atoms. The first-order valence-corrected chi connectivity index (χ1v) is 3.43. The Bertz CT molecular complexity index is 234. The van der Waals surface area contributed by atoms with Crippen molar-refractivity contribution in [3.8, 4) is 0 Å². The Morgan fingerprint density at radius 1 is 1.67 bits per heavy atom. The number of rotatable bonds is 4. The zero-order valence-electron chi connectivity index (χ0n) is 6.32. The molecule has 1 heterocycles. The van der Waals surface area contributed by atoms with Crippen LogP contribution in [0.3, 0.4) is 0 Å². The highest BCUT2D eigenvalue weighted by atomic mass is 16.3. The van der Waals surface area contributed by atoms with E-state index in [9.17, 15) is 4.79 Å². The second kappa shape index (κ2) is 4.39. The fourth-order valence-electron chi connectivity index (χ4n) is 0.659. The van der Waals surface area contributed by atoms with Gasteiger partial charge in [-0.25, -0.2) is 0 Å². The van der Waals surface area contributed by atoms with E-state index in [-0.39, 0.29) is 25.5 Å². The molecular weight excluding hydrogens is 162 g/mol. The minimum Gasteiger partial charge on any atom is -0.395 e. The van der Waals surface area contributed by atoms with E-state index in [1.807, 2.05) is 0 Å². The minimum absolute atomic E-state index is 0.0714. The Labute approximate surface area is 68.2 Å². The molecule has 0 spiro atoms. The SMILES string of the molecule is O=C(Cc1nn[nH]n1)NCCO. The number of amides is 1. The van der Waals surface area contributed by atoms with Crippen molar-refractivity contribution in [1.82, 2.24) is 25.9 Å². The van der Waals surface area contributed by atoms with Crippen LogP contribution >= 0.6 is 0 Å². The first-order chi connectivity index (χ1) is 5.83. The molecule has 66 valence electrons. The summed E-state index contributed by atoms with van der Waals surface area (Å²) in [5.41, 5.74) is 0. The molecule has 0 saturated heterocycles. The molecule has 1 aromatic heterocycles. The molecule has 0 aromatic carbocycles. The van der Waals surface area contributed by atoms with Gasteiger partial charge in [-0.3, -0.25) is 4.79 Å². The van der Waals surface area contributed by atoms with Gasteiger partial charge in [-0.1, -0.05) is 5.21 Å². The maximum absolute atomic E-state index is 10.9. The fraction of sp³-hybridized carbons (Fsp3) is 0.600. The van der Waals surface area contributed by atoms with Gasteiger partial charge in [-0.15, -0.1) is 10.2 Å². The zero-order valence-corrected chi connectivity index (χ0v) is 6.32. The van der Waals surface area contributed by atoms with E-state index in [1.165, 1.54) is 0 Å². The highest BCUT2D eigenvalue weighted by Crippen LogP contribution is 1.84. The molecule has 0 fully saturated rings. The molecule has 1 amide bonds. The lowest BCUT2D eigenvalue weighted by atomic mass is 10.4. The summed E-state index contributed by atoms with van der Waals surface area (Å²) in [5, 5.41) is 23.5. The predicted molar refractivity (Wildman–Crippen MR) is 38.0 cm³/mol. The summed E-state index contributed by atoms with van der Waals surface area (Å²) in [5.74, 6) is 0.107. The number of hydrogen-bond acceptors (Lipinski definition) is 5. The summed E-state index contributed by atoms with van der Waals surface area (Å²) in [7, 11) is 0. The summed E-state index contributed by atoms with van der Waals surface area (Å²) in [6.07, 6.45) is 0.0799. The second-order valence-corrected chi connectivity index (χ2v) is 2.08. The molecular formula is C5H9N5O2.